The summed E-state index contributed by atoms with van der Waals surface area (Å²) < 4.78 is 6.13. The molecule has 1 unspecified atom stereocenters. The quantitative estimate of drug-likeness (QED) is 0.611. The molecule has 0 radical (unpaired) electrons. The summed E-state index contributed by atoms with van der Waals surface area (Å²) in [7, 11) is 3.22. The van der Waals surface area contributed by atoms with Crippen LogP contribution in [-0.4, -0.2) is 42.7 Å². The number of halogens is 1. The van der Waals surface area contributed by atoms with Crippen LogP contribution >= 0.6 is 27.7 Å². The van der Waals surface area contributed by atoms with Crippen LogP contribution in [0.1, 0.15) is 18.1 Å². The van der Waals surface area contributed by atoms with Gasteiger partial charge in [0.15, 0.2) is 0 Å². The fourth-order valence-electron chi connectivity index (χ4n) is 2.64. The SMILES string of the molecule is CNC(=O)C(C)N(Cc1ccc(Br)cc1)C(=O)CSCc1ccc(OC)cc1. The summed E-state index contributed by atoms with van der Waals surface area (Å²) in [5, 5.41) is 2.63. The van der Waals surface area contributed by atoms with Gasteiger partial charge in [0, 0.05) is 23.8 Å². The van der Waals surface area contributed by atoms with E-state index in [0.717, 1.165) is 27.1 Å². The molecular formula is C21H25BrN2O3S. The van der Waals surface area contributed by atoms with Crippen molar-refractivity contribution in [3.05, 3.63) is 64.1 Å². The van der Waals surface area contributed by atoms with Gasteiger partial charge in [-0.05, 0) is 42.3 Å². The summed E-state index contributed by atoms with van der Waals surface area (Å²) in [6.07, 6.45) is 0. The van der Waals surface area contributed by atoms with E-state index < -0.39 is 6.04 Å². The van der Waals surface area contributed by atoms with Gasteiger partial charge in [-0.3, -0.25) is 9.59 Å². The standard InChI is InChI=1S/C21H25BrN2O3S/c1-15(21(26)23-2)24(12-16-4-8-18(22)9-5-16)20(25)14-28-13-17-6-10-19(27-3)11-7-17/h4-11,15H,12-14H2,1-3H3,(H,23,26). The lowest BCUT2D eigenvalue weighted by atomic mass is 10.1. The molecule has 2 rings (SSSR count). The average Bonchev–Trinajstić information content (AvgIpc) is 2.72. The second kappa shape index (κ2) is 11.1. The van der Waals surface area contributed by atoms with Crippen molar-refractivity contribution < 1.29 is 14.3 Å². The molecule has 5 nitrogen and oxygen atoms in total. The van der Waals surface area contributed by atoms with E-state index >= 15 is 0 Å². The van der Waals surface area contributed by atoms with E-state index in [-0.39, 0.29) is 11.8 Å². The average molecular weight is 465 g/mol. The summed E-state index contributed by atoms with van der Waals surface area (Å²) in [5.41, 5.74) is 2.10. The van der Waals surface area contributed by atoms with Crippen molar-refractivity contribution >= 4 is 39.5 Å². The molecule has 150 valence electrons. The first-order chi connectivity index (χ1) is 13.4. The molecule has 0 bridgehead atoms. The zero-order valence-electron chi connectivity index (χ0n) is 16.3. The third-order valence-electron chi connectivity index (χ3n) is 4.33. The highest BCUT2D eigenvalue weighted by atomic mass is 79.9. The van der Waals surface area contributed by atoms with Crippen LogP contribution in [0.15, 0.2) is 53.0 Å². The smallest absolute Gasteiger partial charge is 0.242 e. The van der Waals surface area contributed by atoms with Gasteiger partial charge < -0.3 is 15.0 Å². The third-order valence-corrected chi connectivity index (χ3v) is 5.85. The zero-order valence-corrected chi connectivity index (χ0v) is 18.7. The number of likely N-dealkylation sites (N-methyl/N-ethyl adjacent to an activating group) is 1. The fourth-order valence-corrected chi connectivity index (χ4v) is 3.77. The molecule has 0 aliphatic rings. The number of ether oxygens (including phenoxy) is 1. The van der Waals surface area contributed by atoms with Crippen molar-refractivity contribution in [2.45, 2.75) is 25.3 Å². The molecule has 7 heteroatoms. The van der Waals surface area contributed by atoms with Gasteiger partial charge in [-0.15, -0.1) is 11.8 Å². The van der Waals surface area contributed by atoms with Crippen molar-refractivity contribution in [1.29, 1.82) is 0 Å². The number of carbonyl (C=O) groups excluding carboxylic acids is 2. The molecular weight excluding hydrogens is 440 g/mol. The molecule has 0 fully saturated rings. The Labute approximate surface area is 179 Å². The van der Waals surface area contributed by atoms with Crippen molar-refractivity contribution in [3.8, 4) is 5.75 Å². The van der Waals surface area contributed by atoms with E-state index in [1.165, 1.54) is 11.8 Å². The second-order valence-corrected chi connectivity index (χ2v) is 8.18. The molecule has 0 aliphatic carbocycles. The molecule has 0 saturated carbocycles. The summed E-state index contributed by atoms with van der Waals surface area (Å²) in [5.74, 6) is 1.60. The highest BCUT2D eigenvalue weighted by Gasteiger charge is 2.25. The molecule has 0 saturated heterocycles. The number of nitrogens with one attached hydrogen (secondary N) is 1. The van der Waals surface area contributed by atoms with Crippen LogP contribution < -0.4 is 10.1 Å². The Balaban J connectivity index is 2.00. The van der Waals surface area contributed by atoms with Gasteiger partial charge in [0.25, 0.3) is 0 Å². The Morgan fingerprint density at radius 1 is 1.11 bits per heavy atom. The topological polar surface area (TPSA) is 58.6 Å². The van der Waals surface area contributed by atoms with Crippen LogP contribution in [0.2, 0.25) is 0 Å². The number of hydrogen-bond acceptors (Lipinski definition) is 4. The number of nitrogens with zero attached hydrogens (tertiary/aromatic N) is 1. The highest BCUT2D eigenvalue weighted by molar-refractivity contribution is 9.10. The second-order valence-electron chi connectivity index (χ2n) is 6.28. The molecule has 1 N–H and O–H groups in total. The number of hydrogen-bond donors (Lipinski definition) is 1. The van der Waals surface area contributed by atoms with Crippen molar-refractivity contribution in [3.63, 3.8) is 0 Å². The lowest BCUT2D eigenvalue weighted by molar-refractivity contribution is -0.138. The Bertz CT molecular complexity index is 781. The summed E-state index contributed by atoms with van der Waals surface area (Å²) >= 11 is 4.95. The number of methoxy groups -OCH3 is 1. The van der Waals surface area contributed by atoms with Crippen molar-refractivity contribution in [2.75, 3.05) is 19.9 Å². The number of amides is 2. The summed E-state index contributed by atoms with van der Waals surface area (Å²) in [6, 6.07) is 15.0. The normalized spacial score (nSPS) is 11.6. The van der Waals surface area contributed by atoms with Gasteiger partial charge in [0.2, 0.25) is 11.8 Å². The van der Waals surface area contributed by atoms with Crippen LogP contribution in [0, 0.1) is 0 Å². The fraction of sp³-hybridized carbons (Fsp3) is 0.333. The first-order valence-corrected chi connectivity index (χ1v) is 10.9. The molecule has 2 aromatic rings. The molecule has 0 heterocycles. The van der Waals surface area contributed by atoms with Gasteiger partial charge in [-0.2, -0.15) is 0 Å². The Hall–Kier alpha value is -1.99. The minimum Gasteiger partial charge on any atom is -0.497 e. The zero-order chi connectivity index (χ0) is 20.5. The summed E-state index contributed by atoms with van der Waals surface area (Å²) in [4.78, 5) is 26.6. The van der Waals surface area contributed by atoms with E-state index in [0.29, 0.717) is 12.3 Å². The molecule has 1 atom stereocenters. The van der Waals surface area contributed by atoms with E-state index in [9.17, 15) is 9.59 Å². The van der Waals surface area contributed by atoms with E-state index in [2.05, 4.69) is 21.2 Å². The number of rotatable bonds is 9. The van der Waals surface area contributed by atoms with Crippen LogP contribution in [0.3, 0.4) is 0 Å². The first-order valence-electron chi connectivity index (χ1n) is 8.90. The van der Waals surface area contributed by atoms with Crippen LogP contribution in [0.25, 0.3) is 0 Å². The molecule has 0 aliphatic heterocycles. The minimum absolute atomic E-state index is 0.0578. The van der Waals surface area contributed by atoms with Crippen LogP contribution in [0.4, 0.5) is 0 Å². The number of thioether (sulfide) groups is 1. The highest BCUT2D eigenvalue weighted by Crippen LogP contribution is 2.19. The van der Waals surface area contributed by atoms with E-state index in [4.69, 9.17) is 4.74 Å². The third kappa shape index (κ3) is 6.56. The largest absolute Gasteiger partial charge is 0.497 e. The monoisotopic (exact) mass is 464 g/mol. The molecule has 2 amide bonds. The molecule has 2 aromatic carbocycles. The lowest BCUT2D eigenvalue weighted by Gasteiger charge is -2.28. The maximum Gasteiger partial charge on any atom is 0.242 e. The predicted molar refractivity (Wildman–Crippen MR) is 117 cm³/mol. The molecule has 28 heavy (non-hydrogen) atoms. The number of carbonyl (C=O) groups is 2. The van der Waals surface area contributed by atoms with Crippen LogP contribution in [-0.2, 0) is 21.9 Å². The Morgan fingerprint density at radius 2 is 1.71 bits per heavy atom. The number of benzene rings is 2. The minimum atomic E-state index is -0.539. The van der Waals surface area contributed by atoms with Gasteiger partial charge in [-0.25, -0.2) is 0 Å². The Kier molecular flexibility index (Phi) is 8.86. The van der Waals surface area contributed by atoms with Crippen LogP contribution in [0.5, 0.6) is 5.75 Å². The van der Waals surface area contributed by atoms with Crippen molar-refractivity contribution in [1.82, 2.24) is 10.2 Å². The predicted octanol–water partition coefficient (Wildman–Crippen LogP) is 3.85. The first kappa shape index (κ1) is 22.3. The van der Waals surface area contributed by atoms with Gasteiger partial charge in [0.05, 0.1) is 12.9 Å². The molecule has 0 aromatic heterocycles. The lowest BCUT2D eigenvalue weighted by Crippen LogP contribution is -2.47. The van der Waals surface area contributed by atoms with E-state index in [1.807, 2.05) is 48.5 Å². The summed E-state index contributed by atoms with van der Waals surface area (Å²) in [6.45, 7) is 2.15. The molecule has 0 spiro atoms. The van der Waals surface area contributed by atoms with Gasteiger partial charge in [-0.1, -0.05) is 40.2 Å². The van der Waals surface area contributed by atoms with Crippen molar-refractivity contribution in [2.24, 2.45) is 0 Å². The maximum absolute atomic E-state index is 12.9. The van der Waals surface area contributed by atoms with Gasteiger partial charge in [0.1, 0.15) is 11.8 Å². The Morgan fingerprint density at radius 3 is 2.29 bits per heavy atom. The van der Waals surface area contributed by atoms with E-state index in [1.54, 1.807) is 26.0 Å². The maximum atomic E-state index is 12.9. The van der Waals surface area contributed by atoms with Gasteiger partial charge >= 0.3 is 0 Å².